The Morgan fingerprint density at radius 1 is 1.24 bits per heavy atom. The molecule has 5 saturated heterocycles. The molecule has 198 valence electrons. The van der Waals surface area contributed by atoms with Gasteiger partial charge in [-0.05, 0) is 42.9 Å². The number of fused-ring (bicyclic) bond motifs is 2. The maximum absolute atomic E-state index is 12.4. The van der Waals surface area contributed by atoms with Crippen molar-refractivity contribution in [1.29, 1.82) is 0 Å². The Kier molecular flexibility index (Phi) is 5.27. The standard InChI is InChI=1S/C27H32N2O8/c1-3-12-13-8-16-23-27(14-6-4-5-7-15(14)28-23)9-17(19(13)24(27)35-11(2)31)29(16)25(12)37-26-22(34)21(33)20(32)18(10-30)36-26/h3-7,13,16-22,24-26,30,32-34H,8-10H2,1-2H3/b12-3+/t13-,16-,17-,18+,19?,20+,21-,22+,24+,25+,26-,27-/m0/s1. The quantitative estimate of drug-likeness (QED) is 0.327. The molecule has 0 aromatic heterocycles. The van der Waals surface area contributed by atoms with E-state index in [1.165, 1.54) is 6.92 Å². The van der Waals surface area contributed by atoms with E-state index in [1.54, 1.807) is 0 Å². The van der Waals surface area contributed by atoms with Gasteiger partial charge in [0.05, 0.1) is 29.5 Å². The topological polar surface area (TPSA) is 141 Å². The third-order valence-electron chi connectivity index (χ3n) is 9.62. The van der Waals surface area contributed by atoms with Crippen LogP contribution in [-0.2, 0) is 24.4 Å². The predicted octanol–water partition coefficient (Wildman–Crippen LogP) is 0.137. The number of carbonyl (C=O) groups is 1. The average Bonchev–Trinajstić information content (AvgIpc) is 3.36. The molecule has 37 heavy (non-hydrogen) atoms. The Morgan fingerprint density at radius 2 is 2.03 bits per heavy atom. The zero-order valence-electron chi connectivity index (χ0n) is 20.7. The average molecular weight is 513 g/mol. The minimum atomic E-state index is -1.52. The molecular weight excluding hydrogens is 480 g/mol. The summed E-state index contributed by atoms with van der Waals surface area (Å²) in [5.41, 5.74) is 3.57. The van der Waals surface area contributed by atoms with Crippen molar-refractivity contribution in [2.24, 2.45) is 16.8 Å². The van der Waals surface area contributed by atoms with Crippen LogP contribution in [0.4, 0.5) is 5.69 Å². The lowest BCUT2D eigenvalue weighted by Gasteiger charge is -2.59. The van der Waals surface area contributed by atoms with Gasteiger partial charge in [0.15, 0.2) is 6.29 Å². The van der Waals surface area contributed by atoms with Crippen LogP contribution < -0.4 is 0 Å². The van der Waals surface area contributed by atoms with Gasteiger partial charge in [0.25, 0.3) is 0 Å². The largest absolute Gasteiger partial charge is 0.461 e. The molecule has 5 bridgehead atoms. The van der Waals surface area contributed by atoms with Gasteiger partial charge >= 0.3 is 5.97 Å². The molecule has 13 atom stereocenters. The molecule has 6 aliphatic heterocycles. The fourth-order valence-corrected chi connectivity index (χ4v) is 8.32. The molecular formula is C27H32N2O8. The van der Waals surface area contributed by atoms with Gasteiger partial charge in [0, 0.05) is 18.9 Å². The molecule has 4 N–H and O–H groups in total. The molecule has 10 heteroatoms. The van der Waals surface area contributed by atoms with E-state index in [0.29, 0.717) is 0 Å². The molecule has 1 saturated carbocycles. The fraction of sp³-hybridized carbons (Fsp3) is 0.630. The minimum Gasteiger partial charge on any atom is -0.461 e. The van der Waals surface area contributed by atoms with Crippen LogP contribution in [0.25, 0.3) is 0 Å². The van der Waals surface area contributed by atoms with Crippen molar-refractivity contribution in [2.75, 3.05) is 6.61 Å². The van der Waals surface area contributed by atoms with Crippen LogP contribution in [0.15, 0.2) is 40.9 Å². The minimum absolute atomic E-state index is 0.0495. The number of aliphatic hydroxyl groups excluding tert-OH is 4. The highest BCUT2D eigenvalue weighted by Crippen LogP contribution is 2.67. The van der Waals surface area contributed by atoms with Crippen molar-refractivity contribution in [1.82, 2.24) is 4.90 Å². The van der Waals surface area contributed by atoms with Crippen LogP contribution in [0.3, 0.4) is 0 Å². The summed E-state index contributed by atoms with van der Waals surface area (Å²) in [6.45, 7) is 2.89. The molecule has 1 aliphatic carbocycles. The van der Waals surface area contributed by atoms with E-state index in [0.717, 1.165) is 35.4 Å². The number of esters is 1. The summed E-state index contributed by atoms with van der Waals surface area (Å²) in [7, 11) is 0. The van der Waals surface area contributed by atoms with Crippen molar-refractivity contribution in [3.63, 3.8) is 0 Å². The molecule has 8 rings (SSSR count). The van der Waals surface area contributed by atoms with Gasteiger partial charge < -0.3 is 34.6 Å². The zero-order chi connectivity index (χ0) is 25.8. The lowest BCUT2D eigenvalue weighted by atomic mass is 9.66. The molecule has 10 nitrogen and oxygen atoms in total. The lowest BCUT2D eigenvalue weighted by molar-refractivity contribution is -0.328. The first-order chi connectivity index (χ1) is 17.8. The Labute approximate surface area is 214 Å². The second kappa shape index (κ2) is 8.16. The number of hydrogen-bond donors (Lipinski definition) is 4. The first kappa shape index (κ1) is 23.9. The second-order valence-electron chi connectivity index (χ2n) is 11.1. The molecule has 0 amide bonds. The SMILES string of the molecule is C/C=C1/[C@@H](O[C@@H]2O[C@H](CO)[C@@H](O)[C@H](O)[C@H]2O)N2[C@H]3C[C@@H]1C1[C@@H](OC(C)=O)[C@]4(C[C@@H]12)C3=Nc1ccccc14. The number of para-hydroxylation sites is 1. The van der Waals surface area contributed by atoms with Gasteiger partial charge in [0.1, 0.15) is 36.7 Å². The van der Waals surface area contributed by atoms with Crippen LogP contribution in [0.5, 0.6) is 0 Å². The number of aliphatic hydroxyl groups is 4. The van der Waals surface area contributed by atoms with E-state index in [-0.39, 0.29) is 36.0 Å². The molecule has 1 aromatic rings. The van der Waals surface area contributed by atoms with Crippen LogP contribution in [-0.4, -0.2) is 98.7 Å². The second-order valence-corrected chi connectivity index (χ2v) is 11.1. The first-order valence-electron chi connectivity index (χ1n) is 13.1. The number of aliphatic imine (C=N–C) groups is 1. The van der Waals surface area contributed by atoms with Crippen molar-refractivity contribution in [2.45, 2.75) is 87.2 Å². The van der Waals surface area contributed by atoms with Crippen LogP contribution >= 0.6 is 0 Å². The summed E-state index contributed by atoms with van der Waals surface area (Å²) in [5, 5.41) is 40.9. The third-order valence-corrected chi connectivity index (χ3v) is 9.62. The highest BCUT2D eigenvalue weighted by atomic mass is 16.7. The van der Waals surface area contributed by atoms with E-state index < -0.39 is 49.0 Å². The number of rotatable bonds is 4. The molecule has 6 heterocycles. The molecule has 6 fully saturated rings. The van der Waals surface area contributed by atoms with Gasteiger partial charge in [-0.1, -0.05) is 24.3 Å². The highest BCUT2D eigenvalue weighted by molar-refractivity contribution is 6.08. The Hall–Kier alpha value is -2.18. The van der Waals surface area contributed by atoms with Gasteiger partial charge in [-0.15, -0.1) is 0 Å². The van der Waals surface area contributed by atoms with E-state index in [9.17, 15) is 25.2 Å². The summed E-state index contributed by atoms with van der Waals surface area (Å²) >= 11 is 0. The number of benzene rings is 1. The van der Waals surface area contributed by atoms with Crippen LogP contribution in [0.1, 0.15) is 32.3 Å². The lowest BCUT2D eigenvalue weighted by Crippen LogP contribution is -2.70. The maximum Gasteiger partial charge on any atom is 0.302 e. The van der Waals surface area contributed by atoms with E-state index >= 15 is 0 Å². The van der Waals surface area contributed by atoms with E-state index in [4.69, 9.17) is 19.2 Å². The number of nitrogens with zero attached hydrogens (tertiary/aromatic N) is 2. The first-order valence-corrected chi connectivity index (χ1v) is 13.1. The Balaban J connectivity index is 1.30. The molecule has 1 spiro atoms. The molecule has 0 radical (unpaired) electrons. The maximum atomic E-state index is 12.4. The summed E-state index contributed by atoms with van der Waals surface area (Å²) in [4.78, 5) is 19.8. The van der Waals surface area contributed by atoms with Crippen molar-refractivity contribution in [3.05, 3.63) is 41.5 Å². The van der Waals surface area contributed by atoms with E-state index in [1.807, 2.05) is 31.2 Å². The number of carbonyl (C=O) groups excluding carboxylic acids is 1. The van der Waals surface area contributed by atoms with Crippen LogP contribution in [0.2, 0.25) is 0 Å². The number of piperidine rings is 4. The smallest absolute Gasteiger partial charge is 0.302 e. The molecule has 7 aliphatic rings. The summed E-state index contributed by atoms with van der Waals surface area (Å²) < 4.78 is 18.3. The van der Waals surface area contributed by atoms with Gasteiger partial charge in [-0.25, -0.2) is 0 Å². The number of hydrogen-bond acceptors (Lipinski definition) is 10. The summed E-state index contributed by atoms with van der Waals surface area (Å²) in [6.07, 6.45) is -4.07. The summed E-state index contributed by atoms with van der Waals surface area (Å²) in [5.74, 6) is -0.176. The molecule has 2 unspecified atom stereocenters. The number of ether oxygens (including phenoxy) is 3. The van der Waals surface area contributed by atoms with E-state index in [2.05, 4.69) is 11.0 Å². The fourth-order valence-electron chi connectivity index (χ4n) is 8.32. The molecule has 1 aromatic carbocycles. The monoisotopic (exact) mass is 512 g/mol. The van der Waals surface area contributed by atoms with Crippen molar-refractivity contribution >= 4 is 17.4 Å². The predicted molar refractivity (Wildman–Crippen MR) is 129 cm³/mol. The van der Waals surface area contributed by atoms with Gasteiger partial charge in [0.2, 0.25) is 0 Å². The summed E-state index contributed by atoms with van der Waals surface area (Å²) in [6, 6.07) is 8.10. The number of allylic oxidation sites excluding steroid dienone is 1. The van der Waals surface area contributed by atoms with Crippen molar-refractivity contribution in [3.8, 4) is 0 Å². The Bertz CT molecular complexity index is 1200. The van der Waals surface area contributed by atoms with Gasteiger partial charge in [-0.3, -0.25) is 14.7 Å². The normalized spacial score (nSPS) is 49.7. The highest BCUT2D eigenvalue weighted by Gasteiger charge is 2.75. The van der Waals surface area contributed by atoms with Gasteiger partial charge in [-0.2, -0.15) is 0 Å². The Morgan fingerprint density at radius 3 is 2.76 bits per heavy atom. The van der Waals surface area contributed by atoms with Crippen LogP contribution in [0, 0.1) is 11.8 Å². The zero-order valence-corrected chi connectivity index (χ0v) is 20.7. The van der Waals surface area contributed by atoms with Crippen molar-refractivity contribution < 1.29 is 39.4 Å². The third kappa shape index (κ3) is 2.95.